The van der Waals surface area contributed by atoms with Crippen molar-refractivity contribution in [2.45, 2.75) is 33.2 Å². The first kappa shape index (κ1) is 14.3. The fourth-order valence-electron chi connectivity index (χ4n) is 2.03. The highest BCUT2D eigenvalue weighted by Gasteiger charge is 2.09. The summed E-state index contributed by atoms with van der Waals surface area (Å²) in [6, 6.07) is 6.73. The van der Waals surface area contributed by atoms with Crippen molar-refractivity contribution in [1.29, 1.82) is 0 Å². The standard InChI is InChI=1S/C15H20BrN3/c1-4-7-17-12(3)14-6-5-13(8-15(14)16)19-10-11(2)9-18-19/h5-6,8-10,12,17H,4,7H2,1-3H3. The summed E-state index contributed by atoms with van der Waals surface area (Å²) in [5.41, 5.74) is 3.52. The van der Waals surface area contributed by atoms with Gasteiger partial charge < -0.3 is 5.32 Å². The molecule has 0 aliphatic carbocycles. The van der Waals surface area contributed by atoms with Crippen LogP contribution in [0.15, 0.2) is 35.1 Å². The van der Waals surface area contributed by atoms with Crippen LogP contribution in [-0.4, -0.2) is 16.3 Å². The third kappa shape index (κ3) is 3.45. The first-order valence-electron chi connectivity index (χ1n) is 6.66. The summed E-state index contributed by atoms with van der Waals surface area (Å²) in [4.78, 5) is 0. The van der Waals surface area contributed by atoms with Crippen LogP contribution in [0.2, 0.25) is 0 Å². The molecule has 1 atom stereocenters. The first-order valence-corrected chi connectivity index (χ1v) is 7.45. The monoisotopic (exact) mass is 321 g/mol. The van der Waals surface area contributed by atoms with Crippen molar-refractivity contribution in [1.82, 2.24) is 15.1 Å². The molecular formula is C15H20BrN3. The Kier molecular flexibility index (Phi) is 4.77. The second kappa shape index (κ2) is 6.35. The maximum absolute atomic E-state index is 4.33. The molecule has 1 aromatic carbocycles. The van der Waals surface area contributed by atoms with Gasteiger partial charge in [-0.2, -0.15) is 5.10 Å². The van der Waals surface area contributed by atoms with Crippen molar-refractivity contribution in [3.63, 3.8) is 0 Å². The van der Waals surface area contributed by atoms with Crippen molar-refractivity contribution >= 4 is 15.9 Å². The van der Waals surface area contributed by atoms with E-state index in [4.69, 9.17) is 0 Å². The Labute approximate surface area is 123 Å². The Morgan fingerprint density at radius 3 is 2.79 bits per heavy atom. The number of nitrogens with zero attached hydrogens (tertiary/aromatic N) is 2. The first-order chi connectivity index (χ1) is 9.11. The lowest BCUT2D eigenvalue weighted by atomic mass is 10.1. The molecule has 102 valence electrons. The van der Waals surface area contributed by atoms with Gasteiger partial charge in [0.2, 0.25) is 0 Å². The van der Waals surface area contributed by atoms with Gasteiger partial charge in [0.05, 0.1) is 11.9 Å². The van der Waals surface area contributed by atoms with E-state index >= 15 is 0 Å². The zero-order valence-corrected chi connectivity index (χ0v) is 13.2. The van der Waals surface area contributed by atoms with Gasteiger partial charge >= 0.3 is 0 Å². The van der Waals surface area contributed by atoms with E-state index in [1.165, 1.54) is 5.56 Å². The molecule has 0 saturated carbocycles. The van der Waals surface area contributed by atoms with Gasteiger partial charge in [-0.3, -0.25) is 0 Å². The van der Waals surface area contributed by atoms with Gasteiger partial charge in [0.25, 0.3) is 0 Å². The zero-order valence-electron chi connectivity index (χ0n) is 11.7. The van der Waals surface area contributed by atoms with Gasteiger partial charge in [-0.25, -0.2) is 4.68 Å². The molecule has 1 unspecified atom stereocenters. The molecule has 2 aromatic rings. The number of benzene rings is 1. The molecule has 2 rings (SSSR count). The zero-order chi connectivity index (χ0) is 13.8. The van der Waals surface area contributed by atoms with Gasteiger partial charge in [0.15, 0.2) is 0 Å². The van der Waals surface area contributed by atoms with Crippen LogP contribution in [0.4, 0.5) is 0 Å². The molecule has 0 fully saturated rings. The van der Waals surface area contributed by atoms with Crippen molar-refractivity contribution < 1.29 is 0 Å². The predicted molar refractivity (Wildman–Crippen MR) is 82.7 cm³/mol. The Morgan fingerprint density at radius 2 is 2.21 bits per heavy atom. The van der Waals surface area contributed by atoms with Gasteiger partial charge in [-0.05, 0) is 50.1 Å². The van der Waals surface area contributed by atoms with E-state index in [0.29, 0.717) is 6.04 Å². The predicted octanol–water partition coefficient (Wildman–Crippen LogP) is 4.00. The van der Waals surface area contributed by atoms with Gasteiger partial charge in [0, 0.05) is 16.7 Å². The van der Waals surface area contributed by atoms with Crippen LogP contribution in [0.3, 0.4) is 0 Å². The normalized spacial score (nSPS) is 12.6. The number of aromatic nitrogens is 2. The molecule has 0 aliphatic rings. The van der Waals surface area contributed by atoms with E-state index in [2.05, 4.69) is 58.4 Å². The van der Waals surface area contributed by atoms with Crippen LogP contribution in [-0.2, 0) is 0 Å². The highest BCUT2D eigenvalue weighted by atomic mass is 79.9. The van der Waals surface area contributed by atoms with E-state index in [1.54, 1.807) is 0 Å². The highest BCUT2D eigenvalue weighted by molar-refractivity contribution is 9.10. The third-order valence-corrected chi connectivity index (χ3v) is 3.81. The Morgan fingerprint density at radius 1 is 1.42 bits per heavy atom. The van der Waals surface area contributed by atoms with Crippen molar-refractivity contribution in [3.8, 4) is 5.69 Å². The van der Waals surface area contributed by atoms with Crippen LogP contribution in [0.5, 0.6) is 0 Å². The molecule has 0 radical (unpaired) electrons. The largest absolute Gasteiger partial charge is 0.310 e. The highest BCUT2D eigenvalue weighted by Crippen LogP contribution is 2.26. The minimum absolute atomic E-state index is 0.350. The smallest absolute Gasteiger partial charge is 0.0657 e. The van der Waals surface area contributed by atoms with Crippen LogP contribution < -0.4 is 5.32 Å². The summed E-state index contributed by atoms with van der Waals surface area (Å²) in [5, 5.41) is 7.83. The molecule has 1 aromatic heterocycles. The van der Waals surface area contributed by atoms with Gasteiger partial charge in [-0.15, -0.1) is 0 Å². The minimum atomic E-state index is 0.350. The van der Waals surface area contributed by atoms with E-state index in [9.17, 15) is 0 Å². The Hall–Kier alpha value is -1.13. The van der Waals surface area contributed by atoms with Gasteiger partial charge in [-0.1, -0.05) is 28.9 Å². The van der Waals surface area contributed by atoms with E-state index in [1.807, 2.05) is 24.0 Å². The summed E-state index contributed by atoms with van der Waals surface area (Å²) in [7, 11) is 0. The minimum Gasteiger partial charge on any atom is -0.310 e. The van der Waals surface area contributed by atoms with Crippen molar-refractivity contribution in [2.24, 2.45) is 0 Å². The van der Waals surface area contributed by atoms with Crippen LogP contribution in [0.1, 0.15) is 37.4 Å². The quantitative estimate of drug-likeness (QED) is 0.901. The molecule has 0 aliphatic heterocycles. The fraction of sp³-hybridized carbons (Fsp3) is 0.400. The van der Waals surface area contributed by atoms with E-state index < -0.39 is 0 Å². The summed E-state index contributed by atoms with van der Waals surface area (Å²) < 4.78 is 3.02. The number of hydrogen-bond acceptors (Lipinski definition) is 2. The summed E-state index contributed by atoms with van der Waals surface area (Å²) >= 11 is 3.66. The topological polar surface area (TPSA) is 29.9 Å². The molecule has 0 spiro atoms. The summed E-state index contributed by atoms with van der Waals surface area (Å²) in [6.07, 6.45) is 5.04. The lowest BCUT2D eigenvalue weighted by Crippen LogP contribution is -2.19. The summed E-state index contributed by atoms with van der Waals surface area (Å²) in [5.74, 6) is 0. The molecule has 1 N–H and O–H groups in total. The molecule has 1 heterocycles. The Bertz CT molecular complexity index is 548. The number of aryl methyl sites for hydroxylation is 1. The molecule has 0 saturated heterocycles. The number of nitrogens with one attached hydrogen (secondary N) is 1. The van der Waals surface area contributed by atoms with Crippen LogP contribution in [0.25, 0.3) is 5.69 Å². The third-order valence-electron chi connectivity index (χ3n) is 3.13. The average Bonchev–Trinajstić information content (AvgIpc) is 2.82. The fourth-order valence-corrected chi connectivity index (χ4v) is 2.74. The van der Waals surface area contributed by atoms with E-state index in [-0.39, 0.29) is 0 Å². The molecule has 4 heteroatoms. The number of hydrogen-bond donors (Lipinski definition) is 1. The molecule has 19 heavy (non-hydrogen) atoms. The molecule has 0 bridgehead atoms. The summed E-state index contributed by atoms with van der Waals surface area (Å²) in [6.45, 7) is 7.45. The second-order valence-electron chi connectivity index (χ2n) is 4.84. The van der Waals surface area contributed by atoms with Crippen LogP contribution >= 0.6 is 15.9 Å². The maximum atomic E-state index is 4.33. The van der Waals surface area contributed by atoms with Crippen molar-refractivity contribution in [2.75, 3.05) is 6.54 Å². The van der Waals surface area contributed by atoms with Gasteiger partial charge in [0.1, 0.15) is 0 Å². The van der Waals surface area contributed by atoms with Crippen molar-refractivity contribution in [3.05, 3.63) is 46.2 Å². The second-order valence-corrected chi connectivity index (χ2v) is 5.70. The maximum Gasteiger partial charge on any atom is 0.0657 e. The Balaban J connectivity index is 2.21. The number of rotatable bonds is 5. The molecular weight excluding hydrogens is 302 g/mol. The van der Waals surface area contributed by atoms with E-state index in [0.717, 1.165) is 28.7 Å². The molecule has 0 amide bonds. The SMILES string of the molecule is CCCNC(C)c1ccc(-n2cc(C)cn2)cc1Br. The number of halogens is 1. The lowest BCUT2D eigenvalue weighted by molar-refractivity contribution is 0.569. The average molecular weight is 322 g/mol. The lowest BCUT2D eigenvalue weighted by Gasteiger charge is -2.16. The van der Waals surface area contributed by atoms with Crippen LogP contribution in [0, 0.1) is 6.92 Å². The molecule has 3 nitrogen and oxygen atoms in total.